The number of carbonyl (C=O) groups excluding carboxylic acids is 1. The number of hydrogen-bond donors (Lipinski definition) is 3. The molecule has 0 bridgehead atoms. The lowest BCUT2D eigenvalue weighted by Crippen LogP contribution is -2.32. The van der Waals surface area contributed by atoms with Gasteiger partial charge in [-0.2, -0.15) is 0 Å². The minimum Gasteiger partial charge on any atom is -0.496 e. The van der Waals surface area contributed by atoms with E-state index in [4.69, 9.17) is 10.5 Å². The number of nitrogens with two attached hydrogens (primary N) is 1. The summed E-state index contributed by atoms with van der Waals surface area (Å²) in [5.74, 6) is -0.490. The van der Waals surface area contributed by atoms with Gasteiger partial charge in [0.1, 0.15) is 5.75 Å². The van der Waals surface area contributed by atoms with Crippen LogP contribution in [0.4, 0.5) is 0 Å². The van der Waals surface area contributed by atoms with Crippen molar-refractivity contribution in [3.63, 3.8) is 0 Å². The first-order valence-corrected chi connectivity index (χ1v) is 8.13. The van der Waals surface area contributed by atoms with Crippen molar-refractivity contribution in [1.29, 1.82) is 0 Å². The summed E-state index contributed by atoms with van der Waals surface area (Å²) in [5, 5.41) is 3.21. The van der Waals surface area contributed by atoms with E-state index in [0.717, 1.165) is 12.8 Å². The van der Waals surface area contributed by atoms with Crippen molar-refractivity contribution < 1.29 is 17.9 Å². The predicted octanol–water partition coefficient (Wildman–Crippen LogP) is -0.176. The number of primary amides is 1. The lowest BCUT2D eigenvalue weighted by atomic mass is 10.2. The molecule has 8 heteroatoms. The maximum Gasteiger partial charge on any atom is 0.252 e. The highest BCUT2D eigenvalue weighted by Gasteiger charge is 2.21. The second kappa shape index (κ2) is 6.42. The third-order valence-corrected chi connectivity index (χ3v) is 4.63. The van der Waals surface area contributed by atoms with Gasteiger partial charge in [-0.3, -0.25) is 4.79 Å². The van der Waals surface area contributed by atoms with E-state index in [0.29, 0.717) is 12.6 Å². The lowest BCUT2D eigenvalue weighted by molar-refractivity contribution is 0.0997. The predicted molar refractivity (Wildman–Crippen MR) is 77.7 cm³/mol. The standard InChI is InChI=1S/C13H19N3O4S/c1-20-12-5-4-10(8-11(12)13(14)17)21(18,19)16-7-6-15-9-2-3-9/h4-5,8-9,15-16H,2-3,6-7H2,1H3,(H2,14,17). The molecule has 2 rings (SSSR count). The van der Waals surface area contributed by atoms with Gasteiger partial charge in [-0.15, -0.1) is 0 Å². The van der Waals surface area contributed by atoms with Gasteiger partial charge in [0.15, 0.2) is 0 Å². The van der Waals surface area contributed by atoms with Crippen LogP contribution in [0.15, 0.2) is 23.1 Å². The summed E-state index contributed by atoms with van der Waals surface area (Å²) in [6.07, 6.45) is 2.29. The molecule has 0 aliphatic heterocycles. The molecule has 1 fully saturated rings. The SMILES string of the molecule is COc1ccc(S(=O)(=O)NCCNC2CC2)cc1C(N)=O. The van der Waals surface area contributed by atoms with Crippen molar-refractivity contribution in [2.24, 2.45) is 5.73 Å². The smallest absolute Gasteiger partial charge is 0.252 e. The average Bonchev–Trinajstić information content (AvgIpc) is 3.27. The molecule has 1 amide bonds. The first kappa shape index (κ1) is 15.7. The highest BCUT2D eigenvalue weighted by Crippen LogP contribution is 2.22. The van der Waals surface area contributed by atoms with Crippen LogP contribution in [0.25, 0.3) is 0 Å². The molecule has 0 atom stereocenters. The van der Waals surface area contributed by atoms with E-state index in [1.807, 2.05) is 0 Å². The first-order valence-electron chi connectivity index (χ1n) is 6.65. The number of benzene rings is 1. The van der Waals surface area contributed by atoms with Crippen LogP contribution < -0.4 is 20.5 Å². The van der Waals surface area contributed by atoms with Crippen LogP contribution in [0.2, 0.25) is 0 Å². The van der Waals surface area contributed by atoms with Crippen LogP contribution in [0, 0.1) is 0 Å². The van der Waals surface area contributed by atoms with Crippen LogP contribution in [-0.4, -0.2) is 40.6 Å². The van der Waals surface area contributed by atoms with Crippen molar-refractivity contribution >= 4 is 15.9 Å². The molecule has 1 aromatic carbocycles. The number of sulfonamides is 1. The van der Waals surface area contributed by atoms with Gasteiger partial charge in [-0.1, -0.05) is 0 Å². The molecule has 1 saturated carbocycles. The van der Waals surface area contributed by atoms with Crippen molar-refractivity contribution in [3.05, 3.63) is 23.8 Å². The molecule has 1 aromatic rings. The Bertz CT molecular complexity index is 626. The summed E-state index contributed by atoms with van der Waals surface area (Å²) in [6.45, 7) is 0.861. The number of ether oxygens (including phenoxy) is 1. The Kier molecular flexibility index (Phi) is 4.81. The highest BCUT2D eigenvalue weighted by molar-refractivity contribution is 7.89. The third-order valence-electron chi connectivity index (χ3n) is 3.17. The van der Waals surface area contributed by atoms with E-state index in [1.54, 1.807) is 0 Å². The zero-order valence-electron chi connectivity index (χ0n) is 11.8. The quantitative estimate of drug-likeness (QED) is 0.577. The van der Waals surface area contributed by atoms with E-state index < -0.39 is 15.9 Å². The number of nitrogens with one attached hydrogen (secondary N) is 2. The fourth-order valence-electron chi connectivity index (χ4n) is 1.88. The summed E-state index contributed by atoms with van der Waals surface area (Å²) >= 11 is 0. The minimum atomic E-state index is -3.67. The minimum absolute atomic E-state index is 0.0106. The zero-order chi connectivity index (χ0) is 15.5. The summed E-state index contributed by atoms with van der Waals surface area (Å²) in [5.41, 5.74) is 5.26. The topological polar surface area (TPSA) is 111 Å². The van der Waals surface area contributed by atoms with Crippen LogP contribution in [-0.2, 0) is 10.0 Å². The summed E-state index contributed by atoms with van der Waals surface area (Å²) < 4.78 is 31.7. The summed E-state index contributed by atoms with van der Waals surface area (Å²) in [7, 11) is -2.29. The molecule has 4 N–H and O–H groups in total. The van der Waals surface area contributed by atoms with Gasteiger partial charge in [0.05, 0.1) is 17.6 Å². The van der Waals surface area contributed by atoms with Gasteiger partial charge in [0.2, 0.25) is 10.0 Å². The Morgan fingerprint density at radius 2 is 2.10 bits per heavy atom. The van der Waals surface area contributed by atoms with Gasteiger partial charge in [-0.25, -0.2) is 13.1 Å². The molecule has 0 aromatic heterocycles. The van der Waals surface area contributed by atoms with Gasteiger partial charge in [0.25, 0.3) is 5.91 Å². The Labute approximate surface area is 123 Å². The molecule has 1 aliphatic carbocycles. The maximum atomic E-state index is 12.1. The maximum absolute atomic E-state index is 12.1. The van der Waals surface area contributed by atoms with Crippen LogP contribution in [0.3, 0.4) is 0 Å². The van der Waals surface area contributed by atoms with Gasteiger partial charge >= 0.3 is 0 Å². The Morgan fingerprint density at radius 3 is 2.67 bits per heavy atom. The first-order chi connectivity index (χ1) is 9.94. The highest BCUT2D eigenvalue weighted by atomic mass is 32.2. The van der Waals surface area contributed by atoms with E-state index in [1.165, 1.54) is 25.3 Å². The number of amides is 1. The largest absolute Gasteiger partial charge is 0.496 e. The second-order valence-electron chi connectivity index (χ2n) is 4.85. The van der Waals surface area contributed by atoms with Gasteiger partial charge in [-0.05, 0) is 31.0 Å². The fraction of sp³-hybridized carbons (Fsp3) is 0.462. The van der Waals surface area contributed by atoms with Crippen molar-refractivity contribution in [1.82, 2.24) is 10.0 Å². The third kappa shape index (κ3) is 4.16. The Hall–Kier alpha value is -1.64. The molecule has 21 heavy (non-hydrogen) atoms. The number of methoxy groups -OCH3 is 1. The molecule has 7 nitrogen and oxygen atoms in total. The summed E-state index contributed by atoms with van der Waals surface area (Å²) in [6, 6.07) is 4.54. The number of hydrogen-bond acceptors (Lipinski definition) is 5. The van der Waals surface area contributed by atoms with Crippen molar-refractivity contribution in [2.45, 2.75) is 23.8 Å². The van der Waals surface area contributed by atoms with Crippen LogP contribution >= 0.6 is 0 Å². The number of carbonyl (C=O) groups is 1. The van der Waals surface area contributed by atoms with E-state index in [2.05, 4.69) is 10.0 Å². The van der Waals surface area contributed by atoms with Crippen LogP contribution in [0.5, 0.6) is 5.75 Å². The molecule has 0 heterocycles. The van der Waals surface area contributed by atoms with Crippen molar-refractivity contribution in [3.8, 4) is 5.75 Å². The normalized spacial score (nSPS) is 14.9. The summed E-state index contributed by atoms with van der Waals surface area (Å²) in [4.78, 5) is 11.3. The van der Waals surface area contributed by atoms with Gasteiger partial charge < -0.3 is 15.8 Å². The Morgan fingerprint density at radius 1 is 1.38 bits per heavy atom. The molecular formula is C13H19N3O4S. The lowest BCUT2D eigenvalue weighted by Gasteiger charge is -2.10. The molecular weight excluding hydrogens is 294 g/mol. The van der Waals surface area contributed by atoms with E-state index in [9.17, 15) is 13.2 Å². The fourth-order valence-corrected chi connectivity index (χ4v) is 2.94. The van der Waals surface area contributed by atoms with Crippen molar-refractivity contribution in [2.75, 3.05) is 20.2 Å². The molecule has 0 unspecified atom stereocenters. The molecule has 0 spiro atoms. The van der Waals surface area contributed by atoms with E-state index >= 15 is 0 Å². The molecule has 116 valence electrons. The van der Waals surface area contributed by atoms with Crippen LogP contribution in [0.1, 0.15) is 23.2 Å². The molecule has 0 radical (unpaired) electrons. The van der Waals surface area contributed by atoms with E-state index in [-0.39, 0.29) is 22.8 Å². The second-order valence-corrected chi connectivity index (χ2v) is 6.62. The Balaban J connectivity index is 2.07. The molecule has 0 saturated heterocycles. The number of rotatable bonds is 8. The molecule has 1 aliphatic rings. The zero-order valence-corrected chi connectivity index (χ0v) is 12.6. The monoisotopic (exact) mass is 313 g/mol. The average molecular weight is 313 g/mol. The van der Waals surface area contributed by atoms with Gasteiger partial charge in [0, 0.05) is 19.1 Å².